The maximum atomic E-state index is 12.4. The largest absolute Gasteiger partial charge is 0.497 e. The molecule has 1 aliphatic rings. The van der Waals surface area contributed by atoms with E-state index in [-0.39, 0.29) is 11.9 Å². The first-order chi connectivity index (χ1) is 16.1. The third-order valence-corrected chi connectivity index (χ3v) is 5.51. The van der Waals surface area contributed by atoms with Gasteiger partial charge < -0.3 is 14.8 Å². The minimum Gasteiger partial charge on any atom is -0.497 e. The van der Waals surface area contributed by atoms with Crippen molar-refractivity contribution in [3.63, 3.8) is 0 Å². The van der Waals surface area contributed by atoms with Gasteiger partial charge in [-0.15, -0.1) is 0 Å². The lowest BCUT2D eigenvalue weighted by molar-refractivity contribution is -0.117. The zero-order chi connectivity index (χ0) is 23.5. The van der Waals surface area contributed by atoms with Crippen LogP contribution in [-0.4, -0.2) is 38.9 Å². The van der Waals surface area contributed by atoms with Gasteiger partial charge in [-0.25, -0.2) is 0 Å². The maximum Gasteiger partial charge on any atom is 0.244 e. The second-order valence-corrected chi connectivity index (χ2v) is 8.02. The Hall–Kier alpha value is -3.60. The quantitative estimate of drug-likeness (QED) is 0.374. The standard InChI is InChI=1S/C28H32N2O3/c1-21(8-4-9-22-16-17-29-20-22)30-28(31)15-7-14-27(23-10-5-12-25(18-23)32-2)24-11-6-13-26(19-24)33-3/h5-7,10-19,21H,4,8-9,20H2,1-3H3,(H,30,31)/t21-/m1/s1. The number of hydrogen-bond acceptors (Lipinski definition) is 4. The summed E-state index contributed by atoms with van der Waals surface area (Å²) in [6, 6.07) is 15.8. The van der Waals surface area contributed by atoms with E-state index >= 15 is 0 Å². The number of ether oxygens (including phenoxy) is 2. The van der Waals surface area contributed by atoms with Crippen LogP contribution in [0.15, 0.2) is 83.4 Å². The SMILES string of the molecule is COc1cccc(C(=CC=CC(=O)N[C@H](C)CCCC2=CC=NC2)c2cccc(OC)c2)c1. The lowest BCUT2D eigenvalue weighted by Crippen LogP contribution is -2.30. The van der Waals surface area contributed by atoms with Gasteiger partial charge in [0.25, 0.3) is 0 Å². The molecule has 5 nitrogen and oxygen atoms in total. The average molecular weight is 445 g/mol. The highest BCUT2D eigenvalue weighted by atomic mass is 16.5. The lowest BCUT2D eigenvalue weighted by Gasteiger charge is -2.12. The first kappa shape index (κ1) is 24.1. The number of allylic oxidation sites excluding steroid dienone is 3. The maximum absolute atomic E-state index is 12.4. The van der Waals surface area contributed by atoms with Crippen molar-refractivity contribution in [1.82, 2.24) is 5.32 Å². The van der Waals surface area contributed by atoms with Gasteiger partial charge in [0, 0.05) is 18.3 Å². The van der Waals surface area contributed by atoms with Crippen LogP contribution in [-0.2, 0) is 4.79 Å². The van der Waals surface area contributed by atoms with Crippen molar-refractivity contribution in [3.05, 3.63) is 89.5 Å². The van der Waals surface area contributed by atoms with E-state index in [1.54, 1.807) is 26.4 Å². The number of nitrogens with zero attached hydrogens (tertiary/aromatic N) is 1. The fourth-order valence-electron chi connectivity index (χ4n) is 3.71. The van der Waals surface area contributed by atoms with Gasteiger partial charge in [0.1, 0.15) is 11.5 Å². The lowest BCUT2D eigenvalue weighted by atomic mass is 9.97. The van der Waals surface area contributed by atoms with Crippen LogP contribution < -0.4 is 14.8 Å². The van der Waals surface area contributed by atoms with E-state index in [0.29, 0.717) is 0 Å². The number of methoxy groups -OCH3 is 2. The van der Waals surface area contributed by atoms with Crippen LogP contribution in [0.3, 0.4) is 0 Å². The smallest absolute Gasteiger partial charge is 0.244 e. The Balaban J connectivity index is 1.67. The average Bonchev–Trinajstić information content (AvgIpc) is 3.35. The fourth-order valence-corrected chi connectivity index (χ4v) is 3.71. The molecule has 172 valence electrons. The van der Waals surface area contributed by atoms with Crippen LogP contribution in [0.25, 0.3) is 5.57 Å². The number of hydrogen-bond donors (Lipinski definition) is 1. The summed E-state index contributed by atoms with van der Waals surface area (Å²) >= 11 is 0. The van der Waals surface area contributed by atoms with Crippen molar-refractivity contribution in [2.24, 2.45) is 4.99 Å². The van der Waals surface area contributed by atoms with Gasteiger partial charge in [-0.3, -0.25) is 9.79 Å². The molecule has 0 spiro atoms. The van der Waals surface area contributed by atoms with Gasteiger partial charge in [0.2, 0.25) is 5.91 Å². The molecular weight excluding hydrogens is 412 g/mol. The molecule has 0 aliphatic carbocycles. The van der Waals surface area contributed by atoms with E-state index in [0.717, 1.165) is 54.0 Å². The molecular formula is C28H32N2O3. The zero-order valence-corrected chi connectivity index (χ0v) is 19.6. The Kier molecular flexibility index (Phi) is 9.07. The molecule has 33 heavy (non-hydrogen) atoms. The molecule has 0 fully saturated rings. The van der Waals surface area contributed by atoms with Gasteiger partial charge in [0.05, 0.1) is 20.8 Å². The highest BCUT2D eigenvalue weighted by Crippen LogP contribution is 2.28. The van der Waals surface area contributed by atoms with Crippen LogP contribution >= 0.6 is 0 Å². The van der Waals surface area contributed by atoms with Crippen LogP contribution in [0.1, 0.15) is 37.3 Å². The van der Waals surface area contributed by atoms with E-state index < -0.39 is 0 Å². The van der Waals surface area contributed by atoms with Crippen molar-refractivity contribution in [2.45, 2.75) is 32.2 Å². The zero-order valence-electron chi connectivity index (χ0n) is 19.6. The normalized spacial score (nSPS) is 13.5. The fraction of sp³-hybridized carbons (Fsp3) is 0.286. The number of carbonyl (C=O) groups is 1. The molecule has 3 rings (SSSR count). The van der Waals surface area contributed by atoms with Crippen LogP contribution in [0.2, 0.25) is 0 Å². The van der Waals surface area contributed by atoms with E-state index in [2.05, 4.69) is 16.4 Å². The molecule has 0 aromatic heterocycles. The summed E-state index contributed by atoms with van der Waals surface area (Å²) in [4.78, 5) is 16.6. The van der Waals surface area contributed by atoms with Crippen LogP contribution in [0.5, 0.6) is 11.5 Å². The Morgan fingerprint density at radius 2 is 1.76 bits per heavy atom. The minimum atomic E-state index is -0.0993. The highest BCUT2D eigenvalue weighted by Gasteiger charge is 2.09. The van der Waals surface area contributed by atoms with E-state index in [1.807, 2.05) is 67.7 Å². The molecule has 0 radical (unpaired) electrons. The van der Waals surface area contributed by atoms with Crippen molar-refractivity contribution < 1.29 is 14.3 Å². The van der Waals surface area contributed by atoms with Gasteiger partial charge in [-0.05, 0) is 78.8 Å². The first-order valence-corrected chi connectivity index (χ1v) is 11.2. The second-order valence-electron chi connectivity index (χ2n) is 8.02. The number of aliphatic imine (C=N–C) groups is 1. The van der Waals surface area contributed by atoms with Crippen molar-refractivity contribution in [1.29, 1.82) is 0 Å². The van der Waals surface area contributed by atoms with Crippen LogP contribution in [0, 0.1) is 0 Å². The molecule has 1 N–H and O–H groups in total. The molecule has 0 unspecified atom stereocenters. The van der Waals surface area contributed by atoms with Crippen molar-refractivity contribution >= 4 is 17.7 Å². The topological polar surface area (TPSA) is 59.9 Å². The Labute approximate surface area is 196 Å². The number of rotatable bonds is 11. The predicted molar refractivity (Wildman–Crippen MR) is 135 cm³/mol. The van der Waals surface area contributed by atoms with Crippen LogP contribution in [0.4, 0.5) is 0 Å². The number of nitrogens with one attached hydrogen (secondary N) is 1. The van der Waals surface area contributed by atoms with Gasteiger partial charge in [-0.1, -0.05) is 36.4 Å². The van der Waals surface area contributed by atoms with Gasteiger partial charge >= 0.3 is 0 Å². The first-order valence-electron chi connectivity index (χ1n) is 11.2. The van der Waals surface area contributed by atoms with Gasteiger partial charge in [0.15, 0.2) is 0 Å². The van der Waals surface area contributed by atoms with Crippen molar-refractivity contribution in [3.8, 4) is 11.5 Å². The summed E-state index contributed by atoms with van der Waals surface area (Å²) in [5, 5.41) is 3.05. The molecule has 1 atom stereocenters. The molecule has 1 heterocycles. The van der Waals surface area contributed by atoms with Crippen molar-refractivity contribution in [2.75, 3.05) is 20.8 Å². The van der Waals surface area contributed by atoms with E-state index in [4.69, 9.17) is 9.47 Å². The summed E-state index contributed by atoms with van der Waals surface area (Å²) in [5.74, 6) is 1.45. The number of carbonyl (C=O) groups excluding carboxylic acids is 1. The number of amides is 1. The molecule has 0 saturated heterocycles. The Morgan fingerprint density at radius 3 is 2.33 bits per heavy atom. The summed E-state index contributed by atoms with van der Waals surface area (Å²) in [5.41, 5.74) is 4.32. The van der Waals surface area contributed by atoms with Gasteiger partial charge in [-0.2, -0.15) is 0 Å². The predicted octanol–water partition coefficient (Wildman–Crippen LogP) is 5.38. The summed E-state index contributed by atoms with van der Waals surface area (Å²) < 4.78 is 10.8. The molecule has 0 saturated carbocycles. The number of benzene rings is 2. The summed E-state index contributed by atoms with van der Waals surface area (Å²) in [6.45, 7) is 2.86. The molecule has 1 amide bonds. The summed E-state index contributed by atoms with van der Waals surface area (Å²) in [7, 11) is 3.30. The third kappa shape index (κ3) is 7.49. The second kappa shape index (κ2) is 12.4. The highest BCUT2D eigenvalue weighted by molar-refractivity contribution is 5.89. The Morgan fingerprint density at radius 1 is 1.09 bits per heavy atom. The molecule has 2 aromatic carbocycles. The summed E-state index contributed by atoms with van der Waals surface area (Å²) in [6.07, 6.45) is 12.3. The van der Waals surface area contributed by atoms with E-state index in [1.165, 1.54) is 5.57 Å². The molecule has 5 heteroatoms. The van der Waals surface area contributed by atoms with E-state index in [9.17, 15) is 4.79 Å². The molecule has 0 bridgehead atoms. The minimum absolute atomic E-state index is 0.0993. The third-order valence-electron chi connectivity index (χ3n) is 5.51. The molecule has 2 aromatic rings. The molecule has 1 aliphatic heterocycles. The Bertz CT molecular complexity index is 1020. The monoisotopic (exact) mass is 444 g/mol.